The number of aryl methyl sites for hydroxylation is 1. The molecule has 3 heteroatoms. The fourth-order valence-electron chi connectivity index (χ4n) is 2.38. The highest BCUT2D eigenvalue weighted by molar-refractivity contribution is 7.10. The van der Waals surface area contributed by atoms with Gasteiger partial charge in [-0.15, -0.1) is 11.3 Å². The molecule has 20 heavy (non-hydrogen) atoms. The highest BCUT2D eigenvalue weighted by Crippen LogP contribution is 2.30. The molecule has 1 aromatic rings. The maximum absolute atomic E-state index is 6.24. The van der Waals surface area contributed by atoms with Gasteiger partial charge in [0, 0.05) is 17.5 Å². The summed E-state index contributed by atoms with van der Waals surface area (Å²) in [6.45, 7) is 7.37. The highest BCUT2D eigenvalue weighted by Gasteiger charge is 2.21. The lowest BCUT2D eigenvalue weighted by molar-refractivity contribution is 0.0331. The van der Waals surface area contributed by atoms with Crippen molar-refractivity contribution in [2.24, 2.45) is 5.73 Å². The topological polar surface area (TPSA) is 35.2 Å². The number of hydrogen-bond donors (Lipinski definition) is 1. The van der Waals surface area contributed by atoms with Crippen LogP contribution in [0.25, 0.3) is 0 Å². The first kappa shape index (κ1) is 17.7. The van der Waals surface area contributed by atoms with Crippen LogP contribution in [0.4, 0.5) is 0 Å². The molecule has 0 aliphatic rings. The van der Waals surface area contributed by atoms with E-state index < -0.39 is 0 Å². The van der Waals surface area contributed by atoms with Crippen molar-refractivity contribution in [2.75, 3.05) is 6.61 Å². The molecule has 1 heterocycles. The summed E-state index contributed by atoms with van der Waals surface area (Å²) in [5.41, 5.74) is 7.55. The summed E-state index contributed by atoms with van der Waals surface area (Å²) in [5, 5.41) is 2.13. The Kier molecular flexibility index (Phi) is 9.16. The van der Waals surface area contributed by atoms with Crippen molar-refractivity contribution in [1.29, 1.82) is 0 Å². The summed E-state index contributed by atoms with van der Waals surface area (Å²) in [6, 6.07) is 2.26. The number of ether oxygens (including phenoxy) is 1. The van der Waals surface area contributed by atoms with Crippen molar-refractivity contribution in [3.8, 4) is 0 Å². The van der Waals surface area contributed by atoms with Gasteiger partial charge in [0.15, 0.2) is 0 Å². The van der Waals surface area contributed by atoms with Gasteiger partial charge in [0.2, 0.25) is 0 Å². The smallest absolute Gasteiger partial charge is 0.107 e. The molecule has 0 spiro atoms. The SMILES string of the molecule is CCCCCCCCOC(c1sccc1C)C(N)CC. The normalized spacial score (nSPS) is 14.4. The van der Waals surface area contributed by atoms with E-state index in [4.69, 9.17) is 10.5 Å². The molecule has 0 aliphatic carbocycles. The molecule has 0 fully saturated rings. The van der Waals surface area contributed by atoms with Gasteiger partial charge in [-0.2, -0.15) is 0 Å². The highest BCUT2D eigenvalue weighted by atomic mass is 32.1. The molecule has 2 atom stereocenters. The molecule has 0 aliphatic heterocycles. The largest absolute Gasteiger partial charge is 0.371 e. The lowest BCUT2D eigenvalue weighted by Crippen LogP contribution is -2.29. The van der Waals surface area contributed by atoms with Crippen LogP contribution in [-0.4, -0.2) is 12.6 Å². The average molecular weight is 298 g/mol. The van der Waals surface area contributed by atoms with Gasteiger partial charge in [-0.1, -0.05) is 46.0 Å². The Morgan fingerprint density at radius 2 is 1.85 bits per heavy atom. The third-order valence-corrected chi connectivity index (χ3v) is 4.90. The van der Waals surface area contributed by atoms with Gasteiger partial charge in [-0.25, -0.2) is 0 Å². The fraction of sp³-hybridized carbons (Fsp3) is 0.765. The molecule has 116 valence electrons. The summed E-state index contributed by atoms with van der Waals surface area (Å²) >= 11 is 1.77. The van der Waals surface area contributed by atoms with Gasteiger partial charge < -0.3 is 10.5 Å². The molecule has 0 bridgehead atoms. The van der Waals surface area contributed by atoms with E-state index in [9.17, 15) is 0 Å². The second-order valence-corrected chi connectivity index (χ2v) is 6.55. The van der Waals surface area contributed by atoms with Crippen LogP contribution in [0.2, 0.25) is 0 Å². The molecule has 0 amide bonds. The van der Waals surface area contributed by atoms with Crippen LogP contribution in [-0.2, 0) is 4.74 Å². The standard InChI is InChI=1S/C17H31NOS/c1-4-6-7-8-9-10-12-19-16(15(18)5-2)17-14(3)11-13-20-17/h11,13,15-16H,4-10,12,18H2,1-3H3. The predicted molar refractivity (Wildman–Crippen MR) is 89.4 cm³/mol. The summed E-state index contributed by atoms with van der Waals surface area (Å²) in [5.74, 6) is 0. The summed E-state index contributed by atoms with van der Waals surface area (Å²) in [7, 11) is 0. The molecule has 0 saturated carbocycles. The lowest BCUT2D eigenvalue weighted by Gasteiger charge is -2.23. The zero-order valence-corrected chi connectivity index (χ0v) is 14.2. The molecule has 0 saturated heterocycles. The average Bonchev–Trinajstić information content (AvgIpc) is 2.87. The summed E-state index contributed by atoms with van der Waals surface area (Å²) in [6.07, 6.45) is 8.82. The Bertz CT molecular complexity index is 351. The zero-order chi connectivity index (χ0) is 14.8. The van der Waals surface area contributed by atoms with Crippen molar-refractivity contribution in [1.82, 2.24) is 0 Å². The molecule has 1 aromatic heterocycles. The number of unbranched alkanes of at least 4 members (excludes halogenated alkanes) is 5. The van der Waals surface area contributed by atoms with Crippen LogP contribution in [0.15, 0.2) is 11.4 Å². The van der Waals surface area contributed by atoms with Crippen molar-refractivity contribution < 1.29 is 4.74 Å². The van der Waals surface area contributed by atoms with E-state index in [0.29, 0.717) is 0 Å². The van der Waals surface area contributed by atoms with Gasteiger partial charge >= 0.3 is 0 Å². The van der Waals surface area contributed by atoms with Crippen LogP contribution >= 0.6 is 11.3 Å². The van der Waals surface area contributed by atoms with Gasteiger partial charge in [-0.3, -0.25) is 0 Å². The van der Waals surface area contributed by atoms with Crippen LogP contribution in [0, 0.1) is 6.92 Å². The maximum atomic E-state index is 6.24. The van der Waals surface area contributed by atoms with Crippen LogP contribution < -0.4 is 5.73 Å². The third-order valence-electron chi connectivity index (χ3n) is 3.82. The van der Waals surface area contributed by atoms with E-state index in [-0.39, 0.29) is 12.1 Å². The minimum atomic E-state index is 0.0793. The Labute approximate surface area is 128 Å². The molecule has 0 aromatic carbocycles. The number of nitrogens with two attached hydrogens (primary N) is 1. The van der Waals surface area contributed by atoms with E-state index >= 15 is 0 Å². The molecule has 2 unspecified atom stereocenters. The fourth-order valence-corrected chi connectivity index (χ4v) is 3.43. The second-order valence-electron chi connectivity index (χ2n) is 5.60. The first-order chi connectivity index (χ1) is 9.70. The Morgan fingerprint density at radius 1 is 1.15 bits per heavy atom. The van der Waals surface area contributed by atoms with E-state index in [1.807, 2.05) is 0 Å². The molecule has 1 rings (SSSR count). The Balaban J connectivity index is 2.34. The van der Waals surface area contributed by atoms with E-state index in [1.54, 1.807) is 11.3 Å². The molecule has 2 N–H and O–H groups in total. The third kappa shape index (κ3) is 5.94. The van der Waals surface area contributed by atoms with Crippen LogP contribution in [0.1, 0.15) is 75.3 Å². The monoisotopic (exact) mass is 297 g/mol. The summed E-state index contributed by atoms with van der Waals surface area (Å²) < 4.78 is 6.11. The number of hydrogen-bond acceptors (Lipinski definition) is 3. The Morgan fingerprint density at radius 3 is 2.45 bits per heavy atom. The van der Waals surface area contributed by atoms with Gasteiger partial charge in [-0.05, 0) is 36.8 Å². The van der Waals surface area contributed by atoms with Crippen molar-refractivity contribution in [3.05, 3.63) is 21.9 Å². The van der Waals surface area contributed by atoms with E-state index in [2.05, 4.69) is 32.2 Å². The number of rotatable bonds is 11. The summed E-state index contributed by atoms with van der Waals surface area (Å²) in [4.78, 5) is 1.31. The first-order valence-corrected chi connectivity index (χ1v) is 8.99. The molecule has 0 radical (unpaired) electrons. The van der Waals surface area contributed by atoms with E-state index in [0.717, 1.165) is 19.4 Å². The van der Waals surface area contributed by atoms with Gasteiger partial charge in [0.05, 0.1) is 0 Å². The maximum Gasteiger partial charge on any atom is 0.107 e. The lowest BCUT2D eigenvalue weighted by atomic mass is 10.1. The number of thiophene rings is 1. The zero-order valence-electron chi connectivity index (χ0n) is 13.4. The predicted octanol–water partition coefficient (Wildman–Crippen LogP) is 5.21. The van der Waals surface area contributed by atoms with E-state index in [1.165, 1.54) is 42.5 Å². The van der Waals surface area contributed by atoms with Crippen LogP contribution in [0.5, 0.6) is 0 Å². The minimum absolute atomic E-state index is 0.0793. The quantitative estimate of drug-likeness (QED) is 0.569. The Hall–Kier alpha value is -0.380. The minimum Gasteiger partial charge on any atom is -0.371 e. The molecular weight excluding hydrogens is 266 g/mol. The van der Waals surface area contributed by atoms with Crippen molar-refractivity contribution in [2.45, 2.75) is 77.9 Å². The van der Waals surface area contributed by atoms with Gasteiger partial charge in [0.1, 0.15) is 6.10 Å². The van der Waals surface area contributed by atoms with Crippen molar-refractivity contribution in [3.63, 3.8) is 0 Å². The van der Waals surface area contributed by atoms with Crippen molar-refractivity contribution >= 4 is 11.3 Å². The second kappa shape index (κ2) is 10.4. The first-order valence-electron chi connectivity index (χ1n) is 8.11. The van der Waals surface area contributed by atoms with Gasteiger partial charge in [0.25, 0.3) is 0 Å². The molecule has 2 nitrogen and oxygen atoms in total. The van der Waals surface area contributed by atoms with Crippen LogP contribution in [0.3, 0.4) is 0 Å². The molecular formula is C17H31NOS.